The molecule has 0 spiro atoms. The van der Waals surface area contributed by atoms with E-state index < -0.39 is 0 Å². The Morgan fingerprint density at radius 1 is 1.26 bits per heavy atom. The molecule has 0 saturated carbocycles. The summed E-state index contributed by atoms with van der Waals surface area (Å²) in [6, 6.07) is 8.06. The number of hydrogen-bond acceptors (Lipinski definition) is 5. The summed E-state index contributed by atoms with van der Waals surface area (Å²) in [5.74, 6) is 1.76. The molecule has 0 radical (unpaired) electrons. The first kappa shape index (κ1) is 13.7. The van der Waals surface area contributed by atoms with E-state index in [9.17, 15) is 0 Å². The highest BCUT2D eigenvalue weighted by molar-refractivity contribution is 5.80. The van der Waals surface area contributed by atoms with Gasteiger partial charge in [-0.3, -0.25) is 4.99 Å². The zero-order chi connectivity index (χ0) is 13.3. The SMILES string of the molecule is COCCOc1ccc(CNC2=NCCCN2)cc1. The molecule has 0 atom stereocenters. The van der Waals surface area contributed by atoms with Gasteiger partial charge in [0.05, 0.1) is 6.61 Å². The second-order valence-corrected chi connectivity index (χ2v) is 4.35. The molecule has 5 nitrogen and oxygen atoms in total. The topological polar surface area (TPSA) is 54.9 Å². The van der Waals surface area contributed by atoms with E-state index in [2.05, 4.69) is 27.8 Å². The molecule has 2 N–H and O–H groups in total. The number of aliphatic imine (C=N–C) groups is 1. The lowest BCUT2D eigenvalue weighted by atomic mass is 10.2. The van der Waals surface area contributed by atoms with E-state index in [1.54, 1.807) is 7.11 Å². The molecule has 0 unspecified atom stereocenters. The van der Waals surface area contributed by atoms with Crippen molar-refractivity contribution in [3.8, 4) is 5.75 Å². The molecule has 1 aliphatic rings. The van der Waals surface area contributed by atoms with Crippen LogP contribution in [0.4, 0.5) is 0 Å². The number of hydrogen-bond donors (Lipinski definition) is 2. The van der Waals surface area contributed by atoms with E-state index in [-0.39, 0.29) is 0 Å². The molecule has 0 amide bonds. The normalized spacial score (nSPS) is 14.5. The lowest BCUT2D eigenvalue weighted by Crippen LogP contribution is -2.40. The third kappa shape index (κ3) is 4.79. The highest BCUT2D eigenvalue weighted by Crippen LogP contribution is 2.11. The van der Waals surface area contributed by atoms with Gasteiger partial charge in [-0.25, -0.2) is 0 Å². The molecule has 0 bridgehead atoms. The van der Waals surface area contributed by atoms with Gasteiger partial charge < -0.3 is 20.1 Å². The minimum absolute atomic E-state index is 0.578. The van der Waals surface area contributed by atoms with Crippen molar-refractivity contribution in [2.75, 3.05) is 33.4 Å². The van der Waals surface area contributed by atoms with Gasteiger partial charge >= 0.3 is 0 Å². The molecule has 19 heavy (non-hydrogen) atoms. The predicted molar refractivity (Wildman–Crippen MR) is 75.6 cm³/mol. The minimum atomic E-state index is 0.578. The Labute approximate surface area is 114 Å². The maximum atomic E-state index is 5.51. The van der Waals surface area contributed by atoms with Gasteiger partial charge in [0.25, 0.3) is 0 Å². The summed E-state index contributed by atoms with van der Waals surface area (Å²) < 4.78 is 10.5. The molecule has 104 valence electrons. The Bertz CT molecular complexity index is 404. The summed E-state index contributed by atoms with van der Waals surface area (Å²) in [4.78, 5) is 4.37. The first-order valence-corrected chi connectivity index (χ1v) is 6.61. The molecule has 0 fully saturated rings. The van der Waals surface area contributed by atoms with Gasteiger partial charge in [0.2, 0.25) is 0 Å². The van der Waals surface area contributed by atoms with Crippen LogP contribution in [0.1, 0.15) is 12.0 Å². The quantitative estimate of drug-likeness (QED) is 0.756. The van der Waals surface area contributed by atoms with Crippen LogP contribution in [0.2, 0.25) is 0 Å². The molecule has 5 heteroatoms. The number of ether oxygens (including phenoxy) is 2. The monoisotopic (exact) mass is 263 g/mol. The van der Waals surface area contributed by atoms with Crippen LogP contribution in [0.5, 0.6) is 5.75 Å². The Balaban J connectivity index is 1.76. The van der Waals surface area contributed by atoms with Crippen LogP contribution in [0.15, 0.2) is 29.3 Å². The Kier molecular flexibility index (Phi) is 5.49. The molecule has 0 saturated heterocycles. The van der Waals surface area contributed by atoms with Crippen LogP contribution in [0.25, 0.3) is 0 Å². The zero-order valence-electron chi connectivity index (χ0n) is 11.3. The molecule has 1 aromatic carbocycles. The molecular formula is C14H21N3O2. The van der Waals surface area contributed by atoms with Crippen LogP contribution in [0.3, 0.4) is 0 Å². The summed E-state index contributed by atoms with van der Waals surface area (Å²) in [6.45, 7) is 3.85. The second kappa shape index (κ2) is 7.63. The van der Waals surface area contributed by atoms with Gasteiger partial charge in [-0.2, -0.15) is 0 Å². The molecular weight excluding hydrogens is 242 g/mol. The van der Waals surface area contributed by atoms with Crippen molar-refractivity contribution in [3.05, 3.63) is 29.8 Å². The standard InChI is InChI=1S/C14H21N3O2/c1-18-9-10-19-13-5-3-12(4-6-13)11-17-14-15-7-2-8-16-14/h3-6H,2,7-11H2,1H3,(H2,15,16,17). The number of nitrogens with zero attached hydrogens (tertiary/aromatic N) is 1. The van der Waals surface area contributed by atoms with E-state index in [1.807, 2.05) is 12.1 Å². The van der Waals surface area contributed by atoms with Crippen molar-refractivity contribution < 1.29 is 9.47 Å². The van der Waals surface area contributed by atoms with Gasteiger partial charge in [0.15, 0.2) is 5.96 Å². The van der Waals surface area contributed by atoms with Gasteiger partial charge in [-0.1, -0.05) is 12.1 Å². The van der Waals surface area contributed by atoms with E-state index in [1.165, 1.54) is 5.56 Å². The van der Waals surface area contributed by atoms with Crippen molar-refractivity contribution >= 4 is 5.96 Å². The fraction of sp³-hybridized carbons (Fsp3) is 0.500. The van der Waals surface area contributed by atoms with E-state index in [4.69, 9.17) is 9.47 Å². The number of rotatable bonds is 6. The third-order valence-corrected chi connectivity index (χ3v) is 2.84. The van der Waals surface area contributed by atoms with Crippen LogP contribution >= 0.6 is 0 Å². The molecule has 0 aliphatic carbocycles. The summed E-state index contributed by atoms with van der Waals surface area (Å²) >= 11 is 0. The zero-order valence-corrected chi connectivity index (χ0v) is 11.3. The number of benzene rings is 1. The highest BCUT2D eigenvalue weighted by atomic mass is 16.5. The summed E-state index contributed by atoms with van der Waals surface area (Å²) in [7, 11) is 1.67. The van der Waals surface area contributed by atoms with E-state index in [0.717, 1.165) is 37.8 Å². The number of nitrogens with one attached hydrogen (secondary N) is 2. The van der Waals surface area contributed by atoms with Crippen LogP contribution in [-0.2, 0) is 11.3 Å². The van der Waals surface area contributed by atoms with Crippen molar-refractivity contribution in [3.63, 3.8) is 0 Å². The first-order chi connectivity index (χ1) is 9.38. The number of methoxy groups -OCH3 is 1. The maximum Gasteiger partial charge on any atom is 0.191 e. The molecule has 1 aliphatic heterocycles. The Hall–Kier alpha value is -1.75. The van der Waals surface area contributed by atoms with Gasteiger partial charge in [-0.05, 0) is 24.1 Å². The van der Waals surface area contributed by atoms with E-state index >= 15 is 0 Å². The van der Waals surface area contributed by atoms with Crippen molar-refractivity contribution in [1.29, 1.82) is 0 Å². The summed E-state index contributed by atoms with van der Waals surface area (Å²) in [5, 5.41) is 6.52. The predicted octanol–water partition coefficient (Wildman–Crippen LogP) is 1.15. The lowest BCUT2D eigenvalue weighted by molar-refractivity contribution is 0.146. The molecule has 1 heterocycles. The van der Waals surface area contributed by atoms with Crippen molar-refractivity contribution in [2.45, 2.75) is 13.0 Å². The largest absolute Gasteiger partial charge is 0.491 e. The van der Waals surface area contributed by atoms with E-state index in [0.29, 0.717) is 13.2 Å². The fourth-order valence-corrected chi connectivity index (χ4v) is 1.78. The molecule has 0 aromatic heterocycles. The fourth-order valence-electron chi connectivity index (χ4n) is 1.78. The van der Waals surface area contributed by atoms with Gasteiger partial charge in [0.1, 0.15) is 12.4 Å². The lowest BCUT2D eigenvalue weighted by Gasteiger charge is -2.16. The second-order valence-electron chi connectivity index (χ2n) is 4.35. The van der Waals surface area contributed by atoms with Crippen LogP contribution in [0, 0.1) is 0 Å². The average molecular weight is 263 g/mol. The average Bonchev–Trinajstić information content (AvgIpc) is 2.48. The van der Waals surface area contributed by atoms with Crippen LogP contribution in [-0.4, -0.2) is 39.4 Å². The Morgan fingerprint density at radius 2 is 2.11 bits per heavy atom. The van der Waals surface area contributed by atoms with Crippen molar-refractivity contribution in [2.24, 2.45) is 4.99 Å². The number of guanidine groups is 1. The molecule has 1 aromatic rings. The Morgan fingerprint density at radius 3 is 2.79 bits per heavy atom. The van der Waals surface area contributed by atoms with Gasteiger partial charge in [-0.15, -0.1) is 0 Å². The van der Waals surface area contributed by atoms with Crippen LogP contribution < -0.4 is 15.4 Å². The third-order valence-electron chi connectivity index (χ3n) is 2.84. The van der Waals surface area contributed by atoms with Gasteiger partial charge in [0, 0.05) is 26.7 Å². The first-order valence-electron chi connectivity index (χ1n) is 6.61. The van der Waals surface area contributed by atoms with Crippen molar-refractivity contribution in [1.82, 2.24) is 10.6 Å². The maximum absolute atomic E-state index is 5.51. The summed E-state index contributed by atoms with van der Waals surface area (Å²) in [5.41, 5.74) is 1.20. The smallest absolute Gasteiger partial charge is 0.191 e. The minimum Gasteiger partial charge on any atom is -0.491 e. The highest BCUT2D eigenvalue weighted by Gasteiger charge is 2.03. The summed E-state index contributed by atoms with van der Waals surface area (Å²) in [6.07, 6.45) is 1.11. The molecule has 2 rings (SSSR count).